The molecular weight excluding hydrogens is 217 g/mol. The highest BCUT2D eigenvalue weighted by Crippen LogP contribution is 2.19. The van der Waals surface area contributed by atoms with Gasteiger partial charge in [-0.25, -0.2) is 4.39 Å². The Morgan fingerprint density at radius 1 is 0.941 bits per heavy atom. The zero-order valence-corrected chi connectivity index (χ0v) is 8.97. The van der Waals surface area contributed by atoms with Crippen molar-refractivity contribution in [1.82, 2.24) is 0 Å². The molecule has 1 atom stereocenters. The van der Waals surface area contributed by atoms with Gasteiger partial charge in [0.05, 0.1) is 10.7 Å². The average Bonchev–Trinajstić information content (AvgIpc) is 2.72. The molecule has 0 amide bonds. The maximum Gasteiger partial charge on any atom is 0.166 e. The van der Waals surface area contributed by atoms with Gasteiger partial charge in [0.1, 0.15) is 5.82 Å². The first-order chi connectivity index (χ1) is 8.22. The molecule has 4 heteroatoms. The highest BCUT2D eigenvalue weighted by atomic mass is 19.1. The van der Waals surface area contributed by atoms with Crippen molar-refractivity contribution in [3.05, 3.63) is 64.6 Å². The van der Waals surface area contributed by atoms with Gasteiger partial charge < -0.3 is 5.73 Å². The number of anilines is 1. The topological polar surface area (TPSA) is 50.7 Å². The summed E-state index contributed by atoms with van der Waals surface area (Å²) in [5.74, 6) is -0.256. The molecule has 0 bridgehead atoms. The molecular formula is C13H10FN3. The minimum absolute atomic E-state index is 0.256. The normalized spacial score (nSPS) is 17.1. The summed E-state index contributed by atoms with van der Waals surface area (Å²) in [4.78, 5) is 8.89. The predicted octanol–water partition coefficient (Wildman–Crippen LogP) is 1.36. The van der Waals surface area contributed by atoms with Gasteiger partial charge in [-0.2, -0.15) is 0 Å². The van der Waals surface area contributed by atoms with Crippen LogP contribution in [0.2, 0.25) is 0 Å². The van der Waals surface area contributed by atoms with Crippen molar-refractivity contribution >= 4 is 5.69 Å². The zero-order chi connectivity index (χ0) is 11.8. The van der Waals surface area contributed by atoms with Crippen molar-refractivity contribution < 1.29 is 4.39 Å². The highest BCUT2D eigenvalue weighted by molar-refractivity contribution is 5.36. The fourth-order valence-corrected chi connectivity index (χ4v) is 1.83. The number of nitrogens with two attached hydrogens (primary N) is 1. The van der Waals surface area contributed by atoms with Crippen molar-refractivity contribution in [2.75, 3.05) is 5.73 Å². The monoisotopic (exact) mass is 227 g/mol. The molecule has 17 heavy (non-hydrogen) atoms. The number of hydrogen-bond donors (Lipinski definition) is 1. The number of hydrogen-bond acceptors (Lipinski definition) is 3. The number of nitrogens with zero attached hydrogens (tertiary/aromatic N) is 2. The fraction of sp³-hybridized carbons (Fsp3) is 0.0769. The van der Waals surface area contributed by atoms with E-state index in [0.717, 1.165) is 16.3 Å². The third-order valence-corrected chi connectivity index (χ3v) is 2.69. The Balaban J connectivity index is 2.07. The van der Waals surface area contributed by atoms with Crippen LogP contribution in [0.5, 0.6) is 0 Å². The number of nitrogen functional groups attached to an aromatic ring is 1. The Morgan fingerprint density at radius 2 is 1.65 bits per heavy atom. The van der Waals surface area contributed by atoms with Crippen LogP contribution in [-0.4, -0.2) is 0 Å². The fourth-order valence-electron chi connectivity index (χ4n) is 1.83. The summed E-state index contributed by atoms with van der Waals surface area (Å²) in [6, 6.07) is 11.7. The van der Waals surface area contributed by atoms with Crippen LogP contribution >= 0.6 is 0 Å². The smallest absolute Gasteiger partial charge is 0.166 e. The third kappa shape index (κ3) is 1.78. The Hall–Kier alpha value is -2.23. The van der Waals surface area contributed by atoms with E-state index in [4.69, 9.17) is 5.73 Å². The van der Waals surface area contributed by atoms with Gasteiger partial charge in [-0.15, -0.1) is 0 Å². The molecule has 3 nitrogen and oxygen atoms in total. The summed E-state index contributed by atoms with van der Waals surface area (Å²) in [5, 5.41) is 1.62. The van der Waals surface area contributed by atoms with E-state index in [-0.39, 0.29) is 12.0 Å². The molecule has 1 unspecified atom stereocenters. The molecule has 0 spiro atoms. The number of fused-ring (bicyclic) bond motifs is 1. The van der Waals surface area contributed by atoms with E-state index >= 15 is 0 Å². The van der Waals surface area contributed by atoms with Gasteiger partial charge >= 0.3 is 0 Å². The van der Waals surface area contributed by atoms with Crippen LogP contribution in [0.15, 0.2) is 52.4 Å². The van der Waals surface area contributed by atoms with E-state index in [1.807, 2.05) is 6.07 Å². The lowest BCUT2D eigenvalue weighted by Crippen LogP contribution is -2.21. The standard InChI is InChI=1S/C13H10FN3/c14-9-3-1-8(2-4-9)13-16-11-6-5-10(15)7-12(11)17-13/h1-7,13H,15H2. The lowest BCUT2D eigenvalue weighted by atomic mass is 10.2. The minimum atomic E-state index is -0.285. The molecule has 3 rings (SSSR count). The molecule has 0 fully saturated rings. The van der Waals surface area contributed by atoms with E-state index in [0.29, 0.717) is 5.69 Å². The molecule has 0 saturated heterocycles. The molecule has 1 aliphatic heterocycles. The van der Waals surface area contributed by atoms with Crippen LogP contribution < -0.4 is 16.4 Å². The molecule has 1 heterocycles. The molecule has 0 radical (unpaired) electrons. The van der Waals surface area contributed by atoms with Crippen LogP contribution in [0.3, 0.4) is 0 Å². The lowest BCUT2D eigenvalue weighted by Gasteiger charge is -2.03. The van der Waals surface area contributed by atoms with Crippen LogP contribution in [0.4, 0.5) is 10.1 Å². The van der Waals surface area contributed by atoms with E-state index in [1.54, 1.807) is 24.3 Å². The van der Waals surface area contributed by atoms with Crippen LogP contribution in [0, 0.1) is 5.82 Å². The van der Waals surface area contributed by atoms with Gasteiger partial charge in [0, 0.05) is 5.69 Å². The Bertz CT molecular complexity index is 677. The minimum Gasteiger partial charge on any atom is -0.399 e. The van der Waals surface area contributed by atoms with Crippen molar-refractivity contribution in [3.8, 4) is 0 Å². The van der Waals surface area contributed by atoms with E-state index in [2.05, 4.69) is 9.98 Å². The van der Waals surface area contributed by atoms with E-state index < -0.39 is 0 Å². The molecule has 0 saturated carbocycles. The van der Waals surface area contributed by atoms with Gasteiger partial charge in [-0.05, 0) is 35.9 Å². The molecule has 84 valence electrons. The molecule has 0 aromatic heterocycles. The van der Waals surface area contributed by atoms with Gasteiger partial charge in [-0.3, -0.25) is 9.98 Å². The Morgan fingerprint density at radius 3 is 2.41 bits per heavy atom. The first-order valence-corrected chi connectivity index (χ1v) is 5.29. The molecule has 1 aliphatic rings. The van der Waals surface area contributed by atoms with Gasteiger partial charge in [0.25, 0.3) is 0 Å². The molecule has 2 aromatic rings. The summed E-state index contributed by atoms with van der Waals surface area (Å²) in [7, 11) is 0. The van der Waals surface area contributed by atoms with Crippen LogP contribution in [0.25, 0.3) is 0 Å². The molecule has 2 N–H and O–H groups in total. The first kappa shape index (κ1) is 9.96. The summed E-state index contributed by atoms with van der Waals surface area (Å²) < 4.78 is 12.8. The van der Waals surface area contributed by atoms with E-state index in [9.17, 15) is 4.39 Å². The second-order valence-electron chi connectivity index (χ2n) is 3.93. The van der Waals surface area contributed by atoms with Crippen molar-refractivity contribution in [2.45, 2.75) is 6.17 Å². The zero-order valence-electron chi connectivity index (χ0n) is 8.97. The lowest BCUT2D eigenvalue weighted by molar-refractivity contribution is 0.625. The molecule has 2 aromatic carbocycles. The molecule has 0 aliphatic carbocycles. The summed E-state index contributed by atoms with van der Waals surface area (Å²) in [6.45, 7) is 0. The summed E-state index contributed by atoms with van der Waals surface area (Å²) in [5.41, 5.74) is 7.23. The first-order valence-electron chi connectivity index (χ1n) is 5.29. The maximum absolute atomic E-state index is 12.8. The third-order valence-electron chi connectivity index (χ3n) is 2.69. The number of rotatable bonds is 1. The van der Waals surface area contributed by atoms with Crippen molar-refractivity contribution in [1.29, 1.82) is 0 Å². The SMILES string of the molecule is Nc1ccc2c(c1)=NC(c1ccc(F)cc1)N=2. The van der Waals surface area contributed by atoms with Gasteiger partial charge in [0.15, 0.2) is 6.17 Å². The number of benzene rings is 2. The van der Waals surface area contributed by atoms with Crippen LogP contribution in [0.1, 0.15) is 11.7 Å². The predicted molar refractivity (Wildman–Crippen MR) is 62.3 cm³/mol. The van der Waals surface area contributed by atoms with Gasteiger partial charge in [0.2, 0.25) is 0 Å². The van der Waals surface area contributed by atoms with Crippen molar-refractivity contribution in [2.24, 2.45) is 9.98 Å². The van der Waals surface area contributed by atoms with Crippen molar-refractivity contribution in [3.63, 3.8) is 0 Å². The second kappa shape index (κ2) is 3.66. The summed E-state index contributed by atoms with van der Waals surface area (Å²) >= 11 is 0. The highest BCUT2D eigenvalue weighted by Gasteiger charge is 2.12. The van der Waals surface area contributed by atoms with E-state index in [1.165, 1.54) is 12.1 Å². The van der Waals surface area contributed by atoms with Crippen LogP contribution in [-0.2, 0) is 0 Å². The second-order valence-corrected chi connectivity index (χ2v) is 3.93. The quantitative estimate of drug-likeness (QED) is 0.735. The largest absolute Gasteiger partial charge is 0.399 e. The maximum atomic E-state index is 12.8. The van der Waals surface area contributed by atoms with Gasteiger partial charge in [-0.1, -0.05) is 12.1 Å². The number of halogens is 1. The average molecular weight is 227 g/mol. The summed E-state index contributed by atoms with van der Waals surface area (Å²) in [6.07, 6.45) is -0.285. The Kier molecular flexibility index (Phi) is 2.14. The Labute approximate surface area is 97.1 Å².